The Bertz CT molecular complexity index is 979. The summed E-state index contributed by atoms with van der Waals surface area (Å²) in [5, 5.41) is 12.6. The Kier molecular flexibility index (Phi) is 7.00. The van der Waals surface area contributed by atoms with Crippen LogP contribution in [0.3, 0.4) is 0 Å². The quantitative estimate of drug-likeness (QED) is 0.436. The molecule has 2 aromatic carbocycles. The van der Waals surface area contributed by atoms with Gasteiger partial charge in [-0.1, -0.05) is 24.6 Å². The summed E-state index contributed by atoms with van der Waals surface area (Å²) in [6.45, 7) is 0.553. The number of unbranched alkanes of at least 4 members (excludes halogenated alkanes) is 2. The predicted octanol–water partition coefficient (Wildman–Crippen LogP) is 4.67. The lowest BCUT2D eigenvalue weighted by Gasteiger charge is -2.07. The highest BCUT2D eigenvalue weighted by Crippen LogP contribution is 2.31. The number of para-hydroxylation sites is 1. The van der Waals surface area contributed by atoms with Gasteiger partial charge >= 0.3 is 5.97 Å². The van der Waals surface area contributed by atoms with E-state index in [-0.39, 0.29) is 18.1 Å². The van der Waals surface area contributed by atoms with Gasteiger partial charge in [0.1, 0.15) is 5.82 Å². The maximum Gasteiger partial charge on any atom is 0.303 e. The van der Waals surface area contributed by atoms with Crippen LogP contribution in [-0.2, 0) is 16.0 Å². The van der Waals surface area contributed by atoms with Gasteiger partial charge in [0.2, 0.25) is 5.91 Å². The van der Waals surface area contributed by atoms with Crippen molar-refractivity contribution < 1.29 is 19.1 Å². The van der Waals surface area contributed by atoms with Crippen LogP contribution in [0.2, 0.25) is 0 Å². The zero-order chi connectivity index (χ0) is 20.6. The molecule has 0 fully saturated rings. The second kappa shape index (κ2) is 9.87. The van der Waals surface area contributed by atoms with Crippen molar-refractivity contribution in [1.29, 1.82) is 0 Å². The van der Waals surface area contributed by atoms with Crippen LogP contribution in [0.25, 0.3) is 22.2 Å². The Morgan fingerprint density at radius 1 is 0.966 bits per heavy atom. The lowest BCUT2D eigenvalue weighted by molar-refractivity contribution is -0.137. The lowest BCUT2D eigenvalue weighted by atomic mass is 10.0. The average molecular weight is 396 g/mol. The molecule has 0 unspecified atom stereocenters. The van der Waals surface area contributed by atoms with E-state index in [2.05, 4.69) is 10.3 Å². The summed E-state index contributed by atoms with van der Waals surface area (Å²) in [5.41, 5.74) is 3.83. The molecule has 3 aromatic rings. The SMILES string of the molecule is O=C(O)CCCCCNC(=O)CCc1c(-c2ccc(F)cc2)[nH]c2ccccc12. The van der Waals surface area contributed by atoms with Gasteiger partial charge in [-0.15, -0.1) is 0 Å². The van der Waals surface area contributed by atoms with Crippen LogP contribution < -0.4 is 5.32 Å². The molecule has 1 amide bonds. The Balaban J connectivity index is 1.62. The second-order valence-electron chi connectivity index (χ2n) is 7.09. The minimum atomic E-state index is -0.787. The predicted molar refractivity (Wildman–Crippen MR) is 111 cm³/mol. The van der Waals surface area contributed by atoms with Gasteiger partial charge < -0.3 is 15.4 Å². The summed E-state index contributed by atoms with van der Waals surface area (Å²) in [4.78, 5) is 26.1. The van der Waals surface area contributed by atoms with E-state index in [1.165, 1.54) is 12.1 Å². The van der Waals surface area contributed by atoms with Crippen molar-refractivity contribution in [2.75, 3.05) is 6.54 Å². The van der Waals surface area contributed by atoms with Crippen LogP contribution in [0.5, 0.6) is 0 Å². The van der Waals surface area contributed by atoms with E-state index < -0.39 is 5.97 Å². The number of benzene rings is 2. The third-order valence-corrected chi connectivity index (χ3v) is 4.94. The Labute approximate surface area is 168 Å². The fourth-order valence-corrected chi connectivity index (χ4v) is 3.46. The normalized spacial score (nSPS) is 10.9. The maximum absolute atomic E-state index is 13.3. The maximum atomic E-state index is 13.3. The first-order valence-corrected chi connectivity index (χ1v) is 9.88. The van der Waals surface area contributed by atoms with Crippen LogP contribution in [-0.4, -0.2) is 28.5 Å². The van der Waals surface area contributed by atoms with Crippen LogP contribution >= 0.6 is 0 Å². The molecule has 0 saturated heterocycles. The van der Waals surface area contributed by atoms with Crippen molar-refractivity contribution in [2.45, 2.75) is 38.5 Å². The highest BCUT2D eigenvalue weighted by Gasteiger charge is 2.14. The number of carboxylic acid groups (broad SMARTS) is 1. The van der Waals surface area contributed by atoms with Gasteiger partial charge in [0.25, 0.3) is 0 Å². The molecular formula is C23H25FN2O3. The van der Waals surface area contributed by atoms with Crippen LogP contribution in [0.15, 0.2) is 48.5 Å². The number of aryl methyl sites for hydroxylation is 1. The van der Waals surface area contributed by atoms with E-state index in [4.69, 9.17) is 5.11 Å². The first-order valence-electron chi connectivity index (χ1n) is 9.88. The molecule has 3 N–H and O–H groups in total. The third kappa shape index (κ3) is 5.67. The molecule has 0 bridgehead atoms. The topological polar surface area (TPSA) is 82.2 Å². The van der Waals surface area contributed by atoms with Crippen LogP contribution in [0.4, 0.5) is 4.39 Å². The molecule has 152 valence electrons. The van der Waals surface area contributed by atoms with Crippen molar-refractivity contribution in [3.8, 4) is 11.3 Å². The molecule has 29 heavy (non-hydrogen) atoms. The number of H-pyrrole nitrogens is 1. The summed E-state index contributed by atoms with van der Waals surface area (Å²) in [5.74, 6) is -1.10. The number of halogens is 1. The standard InChI is InChI=1S/C23H25FN2O3/c24-17-11-9-16(10-12-17)23-19(18-6-3-4-7-20(18)26-23)13-14-21(27)25-15-5-1-2-8-22(28)29/h3-4,6-7,9-12,26H,1-2,5,8,13-15H2,(H,25,27)(H,28,29). The van der Waals surface area contributed by atoms with E-state index in [1.54, 1.807) is 12.1 Å². The number of carboxylic acids is 1. The molecule has 0 atom stereocenters. The molecule has 3 rings (SSSR count). The number of hydrogen-bond acceptors (Lipinski definition) is 2. The van der Waals surface area contributed by atoms with E-state index in [1.807, 2.05) is 24.3 Å². The van der Waals surface area contributed by atoms with E-state index >= 15 is 0 Å². The number of nitrogens with one attached hydrogen (secondary N) is 2. The smallest absolute Gasteiger partial charge is 0.303 e. The minimum absolute atomic E-state index is 0.0291. The van der Waals surface area contributed by atoms with Crippen molar-refractivity contribution in [2.24, 2.45) is 0 Å². The molecular weight excluding hydrogens is 371 g/mol. The van der Waals surface area contributed by atoms with Gasteiger partial charge in [-0.2, -0.15) is 0 Å². The van der Waals surface area contributed by atoms with Crippen molar-refractivity contribution in [3.05, 3.63) is 59.9 Å². The fraction of sp³-hybridized carbons (Fsp3) is 0.304. The van der Waals surface area contributed by atoms with Gasteiger partial charge in [0, 0.05) is 36.0 Å². The molecule has 1 heterocycles. The number of carbonyl (C=O) groups excluding carboxylic acids is 1. The lowest BCUT2D eigenvalue weighted by Crippen LogP contribution is -2.24. The zero-order valence-electron chi connectivity index (χ0n) is 16.2. The Morgan fingerprint density at radius 2 is 1.72 bits per heavy atom. The molecule has 0 saturated carbocycles. The Hall–Kier alpha value is -3.15. The Morgan fingerprint density at radius 3 is 2.48 bits per heavy atom. The van der Waals surface area contributed by atoms with Gasteiger partial charge in [-0.05, 0) is 60.7 Å². The van der Waals surface area contributed by atoms with Gasteiger partial charge in [-0.3, -0.25) is 9.59 Å². The molecule has 5 nitrogen and oxygen atoms in total. The van der Waals surface area contributed by atoms with Gasteiger partial charge in [-0.25, -0.2) is 4.39 Å². The summed E-state index contributed by atoms with van der Waals surface area (Å²) in [6, 6.07) is 14.3. The number of aromatic amines is 1. The monoisotopic (exact) mass is 396 g/mol. The first-order chi connectivity index (χ1) is 14.0. The highest BCUT2D eigenvalue weighted by atomic mass is 19.1. The molecule has 1 aromatic heterocycles. The number of hydrogen-bond donors (Lipinski definition) is 3. The van der Waals surface area contributed by atoms with Crippen molar-refractivity contribution in [1.82, 2.24) is 10.3 Å². The highest BCUT2D eigenvalue weighted by molar-refractivity contribution is 5.91. The van der Waals surface area contributed by atoms with Crippen molar-refractivity contribution >= 4 is 22.8 Å². The van der Waals surface area contributed by atoms with Crippen molar-refractivity contribution in [3.63, 3.8) is 0 Å². The number of rotatable bonds is 10. The molecule has 0 radical (unpaired) electrons. The summed E-state index contributed by atoms with van der Waals surface area (Å²) in [7, 11) is 0. The third-order valence-electron chi connectivity index (χ3n) is 4.94. The van der Waals surface area contributed by atoms with Crippen LogP contribution in [0.1, 0.15) is 37.7 Å². The molecule has 0 aliphatic rings. The van der Waals surface area contributed by atoms with E-state index in [0.717, 1.165) is 40.6 Å². The van der Waals surface area contributed by atoms with E-state index in [0.29, 0.717) is 25.8 Å². The van der Waals surface area contributed by atoms with Gasteiger partial charge in [0.15, 0.2) is 0 Å². The summed E-state index contributed by atoms with van der Waals surface area (Å²) >= 11 is 0. The number of carbonyl (C=O) groups is 2. The average Bonchev–Trinajstić information content (AvgIpc) is 3.08. The number of amides is 1. The molecule has 0 aliphatic carbocycles. The molecule has 6 heteroatoms. The first kappa shape index (κ1) is 20.6. The largest absolute Gasteiger partial charge is 0.481 e. The molecule has 0 spiro atoms. The number of aromatic nitrogens is 1. The summed E-state index contributed by atoms with van der Waals surface area (Å²) < 4.78 is 13.3. The minimum Gasteiger partial charge on any atom is -0.481 e. The number of aliphatic carboxylic acids is 1. The molecule has 0 aliphatic heterocycles. The second-order valence-corrected chi connectivity index (χ2v) is 7.09. The van der Waals surface area contributed by atoms with E-state index in [9.17, 15) is 14.0 Å². The fourth-order valence-electron chi connectivity index (χ4n) is 3.46. The summed E-state index contributed by atoms with van der Waals surface area (Å²) in [6.07, 6.45) is 3.27. The van der Waals surface area contributed by atoms with Gasteiger partial charge in [0.05, 0.1) is 0 Å². The van der Waals surface area contributed by atoms with Crippen LogP contribution in [0, 0.1) is 5.82 Å². The number of fused-ring (bicyclic) bond motifs is 1. The zero-order valence-corrected chi connectivity index (χ0v) is 16.2.